The summed E-state index contributed by atoms with van der Waals surface area (Å²) < 4.78 is 0. The highest BCUT2D eigenvalue weighted by molar-refractivity contribution is 6.33. The Morgan fingerprint density at radius 2 is 2.22 bits per heavy atom. The van der Waals surface area contributed by atoms with Gasteiger partial charge in [-0.2, -0.15) is 0 Å². The van der Waals surface area contributed by atoms with Gasteiger partial charge in [0.2, 0.25) is 0 Å². The molecule has 1 N–H and O–H groups in total. The molecule has 2 rings (SSSR count). The van der Waals surface area contributed by atoms with Gasteiger partial charge in [0.05, 0.1) is 10.6 Å². The second-order valence-corrected chi connectivity index (χ2v) is 4.61. The molecule has 1 amide bonds. The molecule has 1 aromatic heterocycles. The van der Waals surface area contributed by atoms with Crippen molar-refractivity contribution in [3.05, 3.63) is 29.0 Å². The summed E-state index contributed by atoms with van der Waals surface area (Å²) >= 11 is 5.91. The third-order valence-electron chi connectivity index (χ3n) is 3.05. The Morgan fingerprint density at radius 3 is 2.89 bits per heavy atom. The molecule has 0 radical (unpaired) electrons. The number of carbonyl (C=O) groups is 2. The minimum Gasteiger partial charge on any atom is -0.480 e. The molecule has 6 heteroatoms. The normalized spacial score (nSPS) is 19.6. The largest absolute Gasteiger partial charge is 0.480 e. The molecular formula is C12H13ClN2O3. The van der Waals surface area contributed by atoms with E-state index in [-0.39, 0.29) is 10.9 Å². The highest BCUT2D eigenvalue weighted by atomic mass is 35.5. The van der Waals surface area contributed by atoms with E-state index >= 15 is 0 Å². The number of nitrogens with zero attached hydrogens (tertiary/aromatic N) is 2. The van der Waals surface area contributed by atoms with E-state index in [4.69, 9.17) is 16.7 Å². The molecule has 1 aromatic rings. The number of halogens is 1. The van der Waals surface area contributed by atoms with Gasteiger partial charge in [0.1, 0.15) is 6.04 Å². The van der Waals surface area contributed by atoms with Gasteiger partial charge in [-0.25, -0.2) is 4.79 Å². The zero-order chi connectivity index (χ0) is 13.1. The number of hydrogen-bond acceptors (Lipinski definition) is 3. The van der Waals surface area contributed by atoms with Crippen LogP contribution in [0, 0.1) is 0 Å². The predicted molar refractivity (Wildman–Crippen MR) is 65.6 cm³/mol. The molecule has 0 saturated carbocycles. The fourth-order valence-electron chi connectivity index (χ4n) is 2.13. The number of likely N-dealkylation sites (tertiary alicyclic amines) is 1. The van der Waals surface area contributed by atoms with Crippen LogP contribution in [0.4, 0.5) is 0 Å². The van der Waals surface area contributed by atoms with Crippen LogP contribution in [0.5, 0.6) is 0 Å². The van der Waals surface area contributed by atoms with Crippen molar-refractivity contribution in [3.8, 4) is 0 Å². The van der Waals surface area contributed by atoms with Gasteiger partial charge < -0.3 is 10.0 Å². The van der Waals surface area contributed by atoms with Crippen LogP contribution in [-0.2, 0) is 4.79 Å². The first-order valence-corrected chi connectivity index (χ1v) is 6.12. The SMILES string of the molecule is O=C(O)C1CCCCN1C(=O)c1ccncc1Cl. The smallest absolute Gasteiger partial charge is 0.326 e. The van der Waals surface area contributed by atoms with Gasteiger partial charge in [0, 0.05) is 18.9 Å². The second-order valence-electron chi connectivity index (χ2n) is 4.20. The number of piperidine rings is 1. The zero-order valence-electron chi connectivity index (χ0n) is 9.67. The van der Waals surface area contributed by atoms with Gasteiger partial charge in [-0.1, -0.05) is 11.6 Å². The first-order chi connectivity index (χ1) is 8.61. The van der Waals surface area contributed by atoms with Crippen molar-refractivity contribution < 1.29 is 14.7 Å². The summed E-state index contributed by atoms with van der Waals surface area (Å²) in [5.41, 5.74) is 0.305. The lowest BCUT2D eigenvalue weighted by molar-refractivity contribution is -0.143. The van der Waals surface area contributed by atoms with E-state index in [0.29, 0.717) is 18.5 Å². The fraction of sp³-hybridized carbons (Fsp3) is 0.417. The van der Waals surface area contributed by atoms with Gasteiger partial charge in [0.15, 0.2) is 0 Å². The van der Waals surface area contributed by atoms with Crippen LogP contribution in [0.15, 0.2) is 18.5 Å². The van der Waals surface area contributed by atoms with E-state index in [2.05, 4.69) is 4.98 Å². The summed E-state index contributed by atoms with van der Waals surface area (Å²) in [6, 6.07) is 0.758. The van der Waals surface area contributed by atoms with Crippen LogP contribution in [-0.4, -0.2) is 39.5 Å². The molecule has 1 fully saturated rings. The summed E-state index contributed by atoms with van der Waals surface area (Å²) in [5, 5.41) is 9.38. The maximum Gasteiger partial charge on any atom is 0.326 e. The number of amides is 1. The summed E-state index contributed by atoms with van der Waals surface area (Å²) in [7, 11) is 0. The molecule has 96 valence electrons. The molecule has 0 spiro atoms. The number of aliphatic carboxylic acids is 1. The Kier molecular flexibility index (Phi) is 3.81. The maximum absolute atomic E-state index is 12.3. The average molecular weight is 269 g/mol. The molecular weight excluding hydrogens is 256 g/mol. The Balaban J connectivity index is 2.27. The number of carboxylic acid groups (broad SMARTS) is 1. The first-order valence-electron chi connectivity index (χ1n) is 5.74. The van der Waals surface area contributed by atoms with E-state index in [1.54, 1.807) is 0 Å². The molecule has 1 unspecified atom stereocenters. The van der Waals surface area contributed by atoms with E-state index in [1.807, 2.05) is 0 Å². The quantitative estimate of drug-likeness (QED) is 0.888. The van der Waals surface area contributed by atoms with Gasteiger partial charge in [0.25, 0.3) is 5.91 Å². The lowest BCUT2D eigenvalue weighted by Gasteiger charge is -2.33. The minimum absolute atomic E-state index is 0.247. The summed E-state index contributed by atoms with van der Waals surface area (Å²) in [6.07, 6.45) is 4.99. The van der Waals surface area contributed by atoms with Crippen molar-refractivity contribution >= 4 is 23.5 Å². The van der Waals surface area contributed by atoms with Crippen LogP contribution >= 0.6 is 11.6 Å². The number of pyridine rings is 1. The number of rotatable bonds is 2. The Bertz CT molecular complexity index is 478. The van der Waals surface area contributed by atoms with Crippen LogP contribution in [0.2, 0.25) is 5.02 Å². The molecule has 18 heavy (non-hydrogen) atoms. The van der Waals surface area contributed by atoms with Crippen LogP contribution < -0.4 is 0 Å². The number of hydrogen-bond donors (Lipinski definition) is 1. The van der Waals surface area contributed by atoms with Crippen LogP contribution in [0.3, 0.4) is 0 Å². The summed E-state index contributed by atoms with van der Waals surface area (Å²) in [4.78, 5) is 28.6. The maximum atomic E-state index is 12.3. The van der Waals surface area contributed by atoms with E-state index in [9.17, 15) is 9.59 Å². The van der Waals surface area contributed by atoms with Crippen molar-refractivity contribution in [1.82, 2.24) is 9.88 Å². The monoisotopic (exact) mass is 268 g/mol. The van der Waals surface area contributed by atoms with Crippen molar-refractivity contribution in [3.63, 3.8) is 0 Å². The number of carbonyl (C=O) groups excluding carboxylic acids is 1. The van der Waals surface area contributed by atoms with E-state index in [0.717, 1.165) is 12.8 Å². The average Bonchev–Trinajstić information content (AvgIpc) is 2.38. The Morgan fingerprint density at radius 1 is 1.44 bits per heavy atom. The molecule has 0 bridgehead atoms. The summed E-state index contributed by atoms with van der Waals surface area (Å²) in [6.45, 7) is 0.453. The van der Waals surface area contributed by atoms with Gasteiger partial charge in [-0.05, 0) is 25.3 Å². The van der Waals surface area contributed by atoms with Gasteiger partial charge in [-0.15, -0.1) is 0 Å². The highest BCUT2D eigenvalue weighted by Gasteiger charge is 2.33. The molecule has 2 heterocycles. The highest BCUT2D eigenvalue weighted by Crippen LogP contribution is 2.22. The van der Waals surface area contributed by atoms with Crippen LogP contribution in [0.25, 0.3) is 0 Å². The Labute approximate surface area is 109 Å². The van der Waals surface area contributed by atoms with Gasteiger partial charge in [-0.3, -0.25) is 9.78 Å². The summed E-state index contributed by atoms with van der Waals surface area (Å²) in [5.74, 6) is -1.30. The lowest BCUT2D eigenvalue weighted by atomic mass is 10.0. The fourth-order valence-corrected chi connectivity index (χ4v) is 2.33. The number of carboxylic acids is 1. The molecule has 1 saturated heterocycles. The minimum atomic E-state index is -0.965. The van der Waals surface area contributed by atoms with Crippen molar-refractivity contribution in [2.24, 2.45) is 0 Å². The zero-order valence-corrected chi connectivity index (χ0v) is 10.4. The van der Waals surface area contributed by atoms with Crippen molar-refractivity contribution in [1.29, 1.82) is 0 Å². The molecule has 0 aliphatic carbocycles. The molecule has 1 aliphatic heterocycles. The second kappa shape index (κ2) is 5.35. The number of aromatic nitrogens is 1. The Hall–Kier alpha value is -1.62. The lowest BCUT2D eigenvalue weighted by Crippen LogP contribution is -2.48. The van der Waals surface area contributed by atoms with E-state index < -0.39 is 12.0 Å². The topological polar surface area (TPSA) is 70.5 Å². The third kappa shape index (κ3) is 2.46. The standard InChI is InChI=1S/C12H13ClN2O3/c13-9-7-14-5-4-8(9)11(16)15-6-2-1-3-10(15)12(17)18/h4-5,7,10H,1-3,6H2,(H,17,18). The van der Waals surface area contributed by atoms with E-state index in [1.165, 1.54) is 23.4 Å². The third-order valence-corrected chi connectivity index (χ3v) is 3.35. The van der Waals surface area contributed by atoms with Crippen molar-refractivity contribution in [2.75, 3.05) is 6.54 Å². The molecule has 1 aliphatic rings. The van der Waals surface area contributed by atoms with Gasteiger partial charge >= 0.3 is 5.97 Å². The molecule has 1 atom stereocenters. The molecule has 0 aromatic carbocycles. The first kappa shape index (κ1) is 12.8. The predicted octanol–water partition coefficient (Wildman–Crippen LogP) is 1.81. The van der Waals surface area contributed by atoms with Crippen LogP contribution in [0.1, 0.15) is 29.6 Å². The molecule has 5 nitrogen and oxygen atoms in total. The van der Waals surface area contributed by atoms with Crippen molar-refractivity contribution in [2.45, 2.75) is 25.3 Å².